The van der Waals surface area contributed by atoms with Gasteiger partial charge in [-0.05, 0) is 42.5 Å². The summed E-state index contributed by atoms with van der Waals surface area (Å²) < 4.78 is 47.0. The summed E-state index contributed by atoms with van der Waals surface area (Å²) in [4.78, 5) is 20.8. The number of aromatic nitrogens is 2. The highest BCUT2D eigenvalue weighted by molar-refractivity contribution is 7.13. The maximum atomic E-state index is 14.7. The monoisotopic (exact) mass is 469 g/mol. The number of thiazole rings is 1. The van der Waals surface area contributed by atoms with Gasteiger partial charge in [0.15, 0.2) is 0 Å². The number of amides is 1. The Balaban J connectivity index is 1.37. The summed E-state index contributed by atoms with van der Waals surface area (Å²) >= 11 is 1.14. The number of halogens is 3. The minimum atomic E-state index is -0.609. The molecule has 33 heavy (non-hydrogen) atoms. The molecule has 0 atom stereocenters. The van der Waals surface area contributed by atoms with Crippen molar-refractivity contribution in [3.8, 4) is 16.3 Å². The molecule has 9 heteroatoms. The Kier molecular flexibility index (Phi) is 6.99. The molecular weight excluding hydrogens is 451 g/mol. The zero-order chi connectivity index (χ0) is 23.2. The lowest BCUT2D eigenvalue weighted by Gasteiger charge is -2.08. The SMILES string of the molecule is O=C(NCCc1ccccn1)c1csc(-c2ccc(OCc3cc(F)ccc3F)cc2F)n1. The van der Waals surface area contributed by atoms with Gasteiger partial charge in [-0.2, -0.15) is 0 Å². The molecule has 2 aromatic heterocycles. The molecule has 1 amide bonds. The number of hydrogen-bond donors (Lipinski definition) is 1. The average Bonchev–Trinajstić information content (AvgIpc) is 3.30. The van der Waals surface area contributed by atoms with E-state index in [1.807, 2.05) is 18.2 Å². The molecule has 0 unspecified atom stereocenters. The number of benzene rings is 2. The molecule has 0 aliphatic heterocycles. The summed E-state index contributed by atoms with van der Waals surface area (Å²) in [5.41, 5.74) is 1.29. The topological polar surface area (TPSA) is 64.1 Å². The summed E-state index contributed by atoms with van der Waals surface area (Å²) in [7, 11) is 0. The van der Waals surface area contributed by atoms with E-state index >= 15 is 0 Å². The van der Waals surface area contributed by atoms with E-state index in [1.54, 1.807) is 11.6 Å². The fraction of sp³-hybridized carbons (Fsp3) is 0.125. The van der Waals surface area contributed by atoms with Crippen molar-refractivity contribution < 1.29 is 22.7 Å². The third-order valence-electron chi connectivity index (χ3n) is 4.70. The van der Waals surface area contributed by atoms with Gasteiger partial charge in [-0.25, -0.2) is 18.2 Å². The lowest BCUT2D eigenvalue weighted by molar-refractivity contribution is 0.0950. The van der Waals surface area contributed by atoms with Crippen molar-refractivity contribution in [2.45, 2.75) is 13.0 Å². The Morgan fingerprint density at radius 1 is 1.03 bits per heavy atom. The van der Waals surface area contributed by atoms with E-state index in [0.717, 1.165) is 41.3 Å². The number of pyridine rings is 1. The van der Waals surface area contributed by atoms with Gasteiger partial charge in [0.25, 0.3) is 5.91 Å². The molecule has 1 N–H and O–H groups in total. The number of ether oxygens (including phenoxy) is 1. The normalized spacial score (nSPS) is 10.8. The fourth-order valence-electron chi connectivity index (χ4n) is 3.02. The zero-order valence-electron chi connectivity index (χ0n) is 17.2. The number of nitrogens with one attached hydrogen (secondary N) is 1. The predicted octanol–water partition coefficient (Wildman–Crippen LogP) is 5.17. The van der Waals surface area contributed by atoms with Crippen LogP contribution in [0.3, 0.4) is 0 Å². The Labute approximate surface area is 191 Å². The Morgan fingerprint density at radius 2 is 1.91 bits per heavy atom. The van der Waals surface area contributed by atoms with E-state index in [2.05, 4.69) is 15.3 Å². The van der Waals surface area contributed by atoms with Crippen LogP contribution in [-0.2, 0) is 13.0 Å². The molecule has 0 aliphatic carbocycles. The predicted molar refractivity (Wildman–Crippen MR) is 118 cm³/mol. The first-order chi connectivity index (χ1) is 16.0. The molecule has 5 nitrogen and oxygen atoms in total. The second-order valence-electron chi connectivity index (χ2n) is 7.03. The molecule has 0 spiro atoms. The van der Waals surface area contributed by atoms with Crippen LogP contribution >= 0.6 is 11.3 Å². The first-order valence-corrected chi connectivity index (χ1v) is 10.9. The smallest absolute Gasteiger partial charge is 0.270 e. The van der Waals surface area contributed by atoms with Crippen LogP contribution in [0, 0.1) is 17.5 Å². The maximum absolute atomic E-state index is 14.7. The number of hydrogen-bond acceptors (Lipinski definition) is 5. The highest BCUT2D eigenvalue weighted by Gasteiger charge is 2.15. The molecule has 2 heterocycles. The molecule has 0 bridgehead atoms. The van der Waals surface area contributed by atoms with Crippen molar-refractivity contribution in [3.63, 3.8) is 0 Å². The molecule has 0 saturated heterocycles. The van der Waals surface area contributed by atoms with Gasteiger partial charge >= 0.3 is 0 Å². The van der Waals surface area contributed by atoms with Crippen molar-refractivity contribution in [2.24, 2.45) is 0 Å². The van der Waals surface area contributed by atoms with Crippen molar-refractivity contribution in [2.75, 3.05) is 6.54 Å². The van der Waals surface area contributed by atoms with Crippen LogP contribution in [0.5, 0.6) is 5.75 Å². The third kappa shape index (κ3) is 5.75. The molecule has 2 aromatic carbocycles. The largest absolute Gasteiger partial charge is 0.489 e. The summed E-state index contributed by atoms with van der Waals surface area (Å²) in [6.45, 7) is 0.150. The lowest BCUT2D eigenvalue weighted by atomic mass is 10.2. The average molecular weight is 469 g/mol. The molecule has 0 saturated carbocycles. The van der Waals surface area contributed by atoms with Gasteiger partial charge in [0.05, 0.1) is 0 Å². The lowest BCUT2D eigenvalue weighted by Crippen LogP contribution is -2.26. The fourth-order valence-corrected chi connectivity index (χ4v) is 3.84. The van der Waals surface area contributed by atoms with Crippen molar-refractivity contribution in [3.05, 3.63) is 101 Å². The van der Waals surface area contributed by atoms with E-state index in [1.165, 1.54) is 12.1 Å². The van der Waals surface area contributed by atoms with Crippen LogP contribution in [-0.4, -0.2) is 22.4 Å². The summed E-state index contributed by atoms with van der Waals surface area (Å²) in [5.74, 6) is -2.00. The highest BCUT2D eigenvalue weighted by atomic mass is 32.1. The second kappa shape index (κ2) is 10.3. The van der Waals surface area contributed by atoms with Gasteiger partial charge in [0.2, 0.25) is 0 Å². The van der Waals surface area contributed by atoms with Crippen LogP contribution in [0.1, 0.15) is 21.7 Å². The summed E-state index contributed by atoms with van der Waals surface area (Å²) in [5, 5.41) is 4.67. The number of rotatable bonds is 8. The molecule has 0 radical (unpaired) electrons. The highest BCUT2D eigenvalue weighted by Crippen LogP contribution is 2.29. The van der Waals surface area contributed by atoms with Crippen LogP contribution in [0.4, 0.5) is 13.2 Å². The van der Waals surface area contributed by atoms with Crippen LogP contribution in [0.25, 0.3) is 10.6 Å². The van der Waals surface area contributed by atoms with E-state index < -0.39 is 17.5 Å². The van der Waals surface area contributed by atoms with E-state index in [9.17, 15) is 18.0 Å². The summed E-state index contributed by atoms with van der Waals surface area (Å²) in [6.07, 6.45) is 2.27. The van der Waals surface area contributed by atoms with E-state index in [0.29, 0.717) is 18.0 Å². The molecule has 0 aliphatic rings. The molecule has 0 fully saturated rings. The zero-order valence-corrected chi connectivity index (χ0v) is 18.0. The van der Waals surface area contributed by atoms with Crippen LogP contribution < -0.4 is 10.1 Å². The van der Waals surface area contributed by atoms with Gasteiger partial charge < -0.3 is 10.1 Å². The number of nitrogens with zero attached hydrogens (tertiary/aromatic N) is 2. The second-order valence-corrected chi connectivity index (χ2v) is 7.89. The number of carbonyl (C=O) groups excluding carboxylic acids is 1. The van der Waals surface area contributed by atoms with Gasteiger partial charge in [0.1, 0.15) is 40.5 Å². The van der Waals surface area contributed by atoms with Gasteiger partial charge in [-0.15, -0.1) is 11.3 Å². The Morgan fingerprint density at radius 3 is 2.70 bits per heavy atom. The molecule has 4 rings (SSSR count). The molecule has 4 aromatic rings. The van der Waals surface area contributed by atoms with Crippen LogP contribution in [0.15, 0.2) is 66.2 Å². The van der Waals surface area contributed by atoms with Crippen molar-refractivity contribution in [1.29, 1.82) is 0 Å². The summed E-state index contributed by atoms with van der Waals surface area (Å²) in [6, 6.07) is 12.7. The molecular formula is C24H18F3N3O2S. The first kappa shape index (κ1) is 22.5. The Bertz CT molecular complexity index is 1270. The van der Waals surface area contributed by atoms with Crippen molar-refractivity contribution in [1.82, 2.24) is 15.3 Å². The minimum absolute atomic E-state index is 0.0260. The van der Waals surface area contributed by atoms with E-state index in [4.69, 9.17) is 4.74 Å². The third-order valence-corrected chi connectivity index (χ3v) is 5.58. The quantitative estimate of drug-likeness (QED) is 0.387. The Hall–Kier alpha value is -3.72. The van der Waals surface area contributed by atoms with Crippen molar-refractivity contribution >= 4 is 17.2 Å². The minimum Gasteiger partial charge on any atom is -0.489 e. The maximum Gasteiger partial charge on any atom is 0.270 e. The number of carbonyl (C=O) groups is 1. The van der Waals surface area contributed by atoms with Crippen LogP contribution in [0.2, 0.25) is 0 Å². The van der Waals surface area contributed by atoms with Gasteiger partial charge in [-0.3, -0.25) is 9.78 Å². The molecule has 168 valence electrons. The standard InChI is InChI=1S/C24H18F3N3O2S/c25-16-4-7-20(26)15(11-16)13-32-18-5-6-19(21(27)12-18)24-30-22(14-33-24)23(31)29-10-8-17-3-1-2-9-28-17/h1-7,9,11-12,14H,8,10,13H2,(H,29,31). The first-order valence-electron chi connectivity index (χ1n) is 10.00. The van der Waals surface area contributed by atoms with Gasteiger partial charge in [0, 0.05) is 47.4 Å². The van der Waals surface area contributed by atoms with Gasteiger partial charge in [-0.1, -0.05) is 6.07 Å². The van der Waals surface area contributed by atoms with E-state index in [-0.39, 0.29) is 35.1 Å².